The Kier molecular flexibility index (Phi) is 9.18. The number of carbonyl (C=O) groups is 2. The molecule has 218 valence electrons. The number of rotatable bonds is 9. The van der Waals surface area contributed by atoms with Gasteiger partial charge in [-0.05, 0) is 81.0 Å². The second kappa shape index (κ2) is 13.2. The summed E-state index contributed by atoms with van der Waals surface area (Å²) in [5.41, 5.74) is 10.9. The van der Waals surface area contributed by atoms with Gasteiger partial charge in [-0.1, -0.05) is 67.8 Å². The van der Waals surface area contributed by atoms with Crippen LogP contribution in [0.25, 0.3) is 6.08 Å². The Hall–Kier alpha value is -4.23. The van der Waals surface area contributed by atoms with E-state index in [1.54, 1.807) is 25.1 Å². The summed E-state index contributed by atoms with van der Waals surface area (Å²) in [7, 11) is 0. The molecule has 2 amide bonds. The second-order valence-electron chi connectivity index (χ2n) is 11.5. The summed E-state index contributed by atoms with van der Waals surface area (Å²) in [4.78, 5) is 31.8. The van der Waals surface area contributed by atoms with Crippen molar-refractivity contribution < 1.29 is 14.7 Å². The van der Waals surface area contributed by atoms with Crippen LogP contribution >= 0.6 is 0 Å². The van der Waals surface area contributed by atoms with Gasteiger partial charge in [0.25, 0.3) is 5.91 Å². The number of nitrogens with two attached hydrogens (primary N) is 1. The number of nitrogen functional groups attached to an aromatic ring is 1. The van der Waals surface area contributed by atoms with Crippen LogP contribution in [0.3, 0.4) is 0 Å². The normalized spacial score (nSPS) is 17.8. The fraction of sp³-hybridized carbons (Fsp3) is 0.343. The van der Waals surface area contributed by atoms with Gasteiger partial charge in [-0.15, -0.1) is 0 Å². The molecule has 7 heteroatoms. The van der Waals surface area contributed by atoms with Crippen molar-refractivity contribution in [3.63, 3.8) is 0 Å². The van der Waals surface area contributed by atoms with Gasteiger partial charge < -0.3 is 21.5 Å². The number of hydrogen-bond donors (Lipinski definition) is 4. The first-order valence-corrected chi connectivity index (χ1v) is 15.0. The summed E-state index contributed by atoms with van der Waals surface area (Å²) in [5.74, 6) is -0.222. The summed E-state index contributed by atoms with van der Waals surface area (Å²) in [6, 6.07) is 22.7. The molecule has 0 aliphatic heterocycles. The highest BCUT2D eigenvalue weighted by Gasteiger charge is 2.45. The van der Waals surface area contributed by atoms with Crippen LogP contribution in [0.4, 0.5) is 17.1 Å². The van der Waals surface area contributed by atoms with Gasteiger partial charge in [-0.2, -0.15) is 0 Å². The first kappa shape index (κ1) is 29.3. The lowest BCUT2D eigenvalue weighted by Crippen LogP contribution is -2.61. The van der Waals surface area contributed by atoms with Crippen molar-refractivity contribution in [1.29, 1.82) is 0 Å². The number of nitrogens with one attached hydrogen (secondary N) is 2. The third-order valence-electron chi connectivity index (χ3n) is 8.32. The van der Waals surface area contributed by atoms with Gasteiger partial charge in [0.15, 0.2) is 0 Å². The van der Waals surface area contributed by atoms with Crippen LogP contribution in [0.1, 0.15) is 79.8 Å². The van der Waals surface area contributed by atoms with Crippen LogP contribution in [0.15, 0.2) is 83.9 Å². The number of para-hydroxylation sites is 1. The molecule has 2 aliphatic rings. The lowest BCUT2D eigenvalue weighted by molar-refractivity contribution is -0.125. The third-order valence-corrected chi connectivity index (χ3v) is 8.32. The van der Waals surface area contributed by atoms with Crippen molar-refractivity contribution in [3.8, 4) is 0 Å². The van der Waals surface area contributed by atoms with Crippen LogP contribution < -0.4 is 16.4 Å². The molecule has 0 spiro atoms. The molecule has 0 saturated heterocycles. The molecular formula is C35H40N4O3. The van der Waals surface area contributed by atoms with Gasteiger partial charge in [0, 0.05) is 28.4 Å². The highest BCUT2D eigenvalue weighted by Crippen LogP contribution is 2.35. The maximum atomic E-state index is 13.4. The van der Waals surface area contributed by atoms with E-state index in [0.29, 0.717) is 35.7 Å². The molecule has 7 nitrogen and oxygen atoms in total. The van der Waals surface area contributed by atoms with Crippen LogP contribution in [0.2, 0.25) is 0 Å². The minimum atomic E-state index is -0.961. The SMILES string of the molecule is CC(O)C=Cc1ccc(NC(=O)C2(NC(=O)c3ccc(C(=Nc4ccccc4)C4CCCCC4)c(N)c3)CCC2)cc1. The van der Waals surface area contributed by atoms with E-state index in [9.17, 15) is 14.7 Å². The minimum absolute atomic E-state index is 0.228. The largest absolute Gasteiger partial charge is 0.398 e. The summed E-state index contributed by atoms with van der Waals surface area (Å²) >= 11 is 0. The van der Waals surface area contributed by atoms with Crippen LogP contribution in [0.5, 0.6) is 0 Å². The fourth-order valence-corrected chi connectivity index (χ4v) is 5.73. The molecule has 2 aliphatic carbocycles. The Morgan fingerprint density at radius 2 is 1.69 bits per heavy atom. The van der Waals surface area contributed by atoms with Crippen LogP contribution in [-0.4, -0.2) is 34.3 Å². The number of aliphatic hydroxyl groups is 1. The molecule has 2 fully saturated rings. The minimum Gasteiger partial charge on any atom is -0.398 e. The van der Waals surface area contributed by atoms with E-state index in [1.165, 1.54) is 19.3 Å². The Morgan fingerprint density at radius 1 is 0.976 bits per heavy atom. The van der Waals surface area contributed by atoms with Gasteiger partial charge >= 0.3 is 0 Å². The Balaban J connectivity index is 1.31. The Labute approximate surface area is 248 Å². The molecule has 5 N–H and O–H groups in total. The molecule has 0 aromatic heterocycles. The summed E-state index contributed by atoms with van der Waals surface area (Å²) in [6.45, 7) is 1.69. The van der Waals surface area contributed by atoms with Crippen molar-refractivity contribution in [1.82, 2.24) is 5.32 Å². The number of hydrogen-bond acceptors (Lipinski definition) is 5. The number of benzene rings is 3. The van der Waals surface area contributed by atoms with Gasteiger partial charge in [0.1, 0.15) is 5.54 Å². The summed E-state index contributed by atoms with van der Waals surface area (Å²) < 4.78 is 0. The van der Waals surface area contributed by atoms with Crippen LogP contribution in [-0.2, 0) is 4.79 Å². The molecule has 5 rings (SSSR count). The number of aliphatic imine (C=N–C) groups is 1. The van der Waals surface area contributed by atoms with Crippen LogP contribution in [0, 0.1) is 5.92 Å². The first-order chi connectivity index (χ1) is 20.3. The standard InChI is InChI=1S/C35H40N4O3/c1-24(40)13-14-25-15-18-29(19-16-25)38-34(42)35(21-8-22-35)39-33(41)27-17-20-30(31(36)23-27)32(26-9-4-2-5-10-26)37-28-11-6-3-7-12-28/h3,6-7,11-20,23-24,26,40H,2,4-5,8-10,21-22,36H2,1H3,(H,38,42)(H,39,41). The zero-order chi connectivity index (χ0) is 29.5. The lowest BCUT2D eigenvalue weighted by atomic mass is 9.75. The average molecular weight is 565 g/mol. The van der Waals surface area contributed by atoms with E-state index >= 15 is 0 Å². The highest BCUT2D eigenvalue weighted by molar-refractivity contribution is 6.09. The van der Waals surface area contributed by atoms with Gasteiger partial charge in [0.05, 0.1) is 17.5 Å². The zero-order valence-corrected chi connectivity index (χ0v) is 24.2. The molecule has 0 bridgehead atoms. The third kappa shape index (κ3) is 6.97. The maximum Gasteiger partial charge on any atom is 0.252 e. The summed E-state index contributed by atoms with van der Waals surface area (Å²) in [6.07, 6.45) is 10.7. The van der Waals surface area contributed by atoms with Crippen molar-refractivity contribution in [2.24, 2.45) is 10.9 Å². The van der Waals surface area contributed by atoms with Crippen molar-refractivity contribution in [2.75, 3.05) is 11.1 Å². The number of aliphatic hydroxyl groups excluding tert-OH is 1. The number of carbonyl (C=O) groups excluding carboxylic acids is 2. The highest BCUT2D eigenvalue weighted by atomic mass is 16.3. The van der Waals surface area contributed by atoms with E-state index in [1.807, 2.05) is 66.7 Å². The molecular weight excluding hydrogens is 524 g/mol. The number of anilines is 2. The molecule has 2 saturated carbocycles. The molecule has 1 atom stereocenters. The van der Waals surface area contributed by atoms with E-state index in [-0.39, 0.29) is 11.8 Å². The van der Waals surface area contributed by atoms with E-state index in [4.69, 9.17) is 10.7 Å². The van der Waals surface area contributed by atoms with Gasteiger partial charge in [-0.3, -0.25) is 14.6 Å². The first-order valence-electron chi connectivity index (χ1n) is 15.0. The molecule has 42 heavy (non-hydrogen) atoms. The van der Waals surface area contributed by atoms with E-state index in [2.05, 4.69) is 10.6 Å². The van der Waals surface area contributed by atoms with Crippen molar-refractivity contribution >= 4 is 40.7 Å². The molecule has 3 aromatic carbocycles. The van der Waals surface area contributed by atoms with Gasteiger partial charge in [0.2, 0.25) is 5.91 Å². The van der Waals surface area contributed by atoms with Gasteiger partial charge in [-0.25, -0.2) is 0 Å². The molecule has 0 radical (unpaired) electrons. The Morgan fingerprint density at radius 3 is 2.31 bits per heavy atom. The van der Waals surface area contributed by atoms with E-state index in [0.717, 1.165) is 41.8 Å². The predicted octanol–water partition coefficient (Wildman–Crippen LogP) is 6.66. The maximum absolute atomic E-state index is 13.4. The predicted molar refractivity (Wildman–Crippen MR) is 170 cm³/mol. The second-order valence-corrected chi connectivity index (χ2v) is 11.5. The van der Waals surface area contributed by atoms with Crippen molar-refractivity contribution in [2.45, 2.75) is 69.9 Å². The topological polar surface area (TPSA) is 117 Å². The van der Waals surface area contributed by atoms with E-state index < -0.39 is 11.6 Å². The molecule has 0 heterocycles. The number of nitrogens with zero attached hydrogens (tertiary/aromatic N) is 1. The number of amides is 2. The zero-order valence-electron chi connectivity index (χ0n) is 24.2. The fourth-order valence-electron chi connectivity index (χ4n) is 5.73. The quantitative estimate of drug-likeness (QED) is 0.172. The molecule has 3 aromatic rings. The average Bonchev–Trinajstić information content (AvgIpc) is 2.98. The lowest BCUT2D eigenvalue weighted by Gasteiger charge is -2.40. The summed E-state index contributed by atoms with van der Waals surface area (Å²) in [5, 5.41) is 15.4. The van der Waals surface area contributed by atoms with Crippen molar-refractivity contribution in [3.05, 3.63) is 95.6 Å². The monoisotopic (exact) mass is 564 g/mol. The Bertz CT molecular complexity index is 1450. The molecule has 1 unspecified atom stereocenters. The smallest absolute Gasteiger partial charge is 0.252 e.